The summed E-state index contributed by atoms with van der Waals surface area (Å²) in [6.07, 6.45) is 2.98. The molecule has 0 aliphatic carbocycles. The van der Waals surface area contributed by atoms with Crippen molar-refractivity contribution in [3.63, 3.8) is 0 Å². The number of pyridine rings is 1. The number of benzene rings is 1. The third-order valence-corrected chi connectivity index (χ3v) is 5.90. The first-order valence-electron chi connectivity index (χ1n) is 10.7. The number of Topliss-reactive ketones (excluding diaryl/α,β-unsaturated/α-hetero) is 1. The Morgan fingerprint density at radius 1 is 1.06 bits per heavy atom. The predicted molar refractivity (Wildman–Crippen MR) is 117 cm³/mol. The summed E-state index contributed by atoms with van der Waals surface area (Å²) in [6, 6.07) is 7.47. The molecular formula is C24H29N3O5. The summed E-state index contributed by atoms with van der Waals surface area (Å²) in [5, 5.41) is 13.3. The number of rotatable bonds is 9. The standard InChI is InChI=1S/C24H29N3O5/c1-5-26(6-2)13-14-27-21(17-7-8-18(31-3)19(15-17)32-4)20(23(29)24(27)30)22(28)16-9-11-25-12-10-16/h7-12,15,21,28H,5-6,13-14H2,1-4H3. The van der Waals surface area contributed by atoms with Gasteiger partial charge in [0.1, 0.15) is 0 Å². The molecule has 2 aromatic rings. The van der Waals surface area contributed by atoms with Gasteiger partial charge in [-0.05, 0) is 49.2 Å². The van der Waals surface area contributed by atoms with E-state index in [2.05, 4.69) is 18.8 Å². The van der Waals surface area contributed by atoms with E-state index in [4.69, 9.17) is 9.47 Å². The molecular weight excluding hydrogens is 410 g/mol. The van der Waals surface area contributed by atoms with Gasteiger partial charge in [0.25, 0.3) is 5.91 Å². The van der Waals surface area contributed by atoms with Crippen LogP contribution in [0.3, 0.4) is 0 Å². The second-order valence-electron chi connectivity index (χ2n) is 7.53. The molecule has 1 N–H and O–H groups in total. The highest BCUT2D eigenvalue weighted by Crippen LogP contribution is 2.41. The SMILES string of the molecule is CC[NH+](CC)CCN1C(=O)C(=O)C(=C([O-])c2ccncc2)C1c1ccc(OC)c(OC)c1. The van der Waals surface area contributed by atoms with Crippen molar-refractivity contribution in [3.05, 3.63) is 59.4 Å². The van der Waals surface area contributed by atoms with Crippen molar-refractivity contribution >= 4 is 17.4 Å². The number of hydrogen-bond donors (Lipinski definition) is 1. The number of quaternary nitrogens is 1. The van der Waals surface area contributed by atoms with E-state index in [1.807, 2.05) is 0 Å². The lowest BCUT2D eigenvalue weighted by atomic mass is 9.95. The van der Waals surface area contributed by atoms with E-state index in [9.17, 15) is 14.7 Å². The van der Waals surface area contributed by atoms with E-state index in [0.29, 0.717) is 35.7 Å². The minimum Gasteiger partial charge on any atom is -0.872 e. The zero-order valence-corrected chi connectivity index (χ0v) is 18.9. The summed E-state index contributed by atoms with van der Waals surface area (Å²) in [4.78, 5) is 32.8. The van der Waals surface area contributed by atoms with Gasteiger partial charge >= 0.3 is 0 Å². The van der Waals surface area contributed by atoms with Gasteiger partial charge < -0.3 is 24.4 Å². The Kier molecular flexibility index (Phi) is 7.48. The number of methoxy groups -OCH3 is 2. The van der Waals surface area contributed by atoms with Gasteiger partial charge in [-0.25, -0.2) is 0 Å². The average Bonchev–Trinajstić information content (AvgIpc) is 3.09. The molecule has 170 valence electrons. The van der Waals surface area contributed by atoms with Crippen LogP contribution in [0.25, 0.3) is 5.76 Å². The first kappa shape index (κ1) is 23.3. The normalized spacial score (nSPS) is 17.8. The van der Waals surface area contributed by atoms with Gasteiger partial charge in [0.15, 0.2) is 11.5 Å². The van der Waals surface area contributed by atoms with Crippen molar-refractivity contribution in [3.8, 4) is 11.5 Å². The number of carbonyl (C=O) groups excluding carboxylic acids is 2. The number of ketones is 1. The summed E-state index contributed by atoms with van der Waals surface area (Å²) >= 11 is 0. The van der Waals surface area contributed by atoms with Crippen LogP contribution in [-0.2, 0) is 9.59 Å². The van der Waals surface area contributed by atoms with E-state index in [-0.39, 0.29) is 5.57 Å². The number of nitrogens with zero attached hydrogens (tertiary/aromatic N) is 2. The van der Waals surface area contributed by atoms with Crippen molar-refractivity contribution < 1.29 is 29.1 Å². The molecule has 1 aliphatic heterocycles. The van der Waals surface area contributed by atoms with Crippen molar-refractivity contribution in [2.24, 2.45) is 0 Å². The van der Waals surface area contributed by atoms with Crippen LogP contribution in [-0.4, -0.2) is 62.0 Å². The number of aromatic nitrogens is 1. The van der Waals surface area contributed by atoms with E-state index >= 15 is 0 Å². The van der Waals surface area contributed by atoms with Crippen LogP contribution in [0, 0.1) is 0 Å². The average molecular weight is 440 g/mol. The molecule has 0 bridgehead atoms. The zero-order valence-electron chi connectivity index (χ0n) is 18.9. The van der Waals surface area contributed by atoms with Gasteiger partial charge in [0.2, 0.25) is 5.78 Å². The molecule has 1 aromatic carbocycles. The molecule has 8 nitrogen and oxygen atoms in total. The molecule has 1 unspecified atom stereocenters. The van der Waals surface area contributed by atoms with Crippen molar-refractivity contribution in [1.29, 1.82) is 0 Å². The molecule has 1 aliphatic rings. The molecule has 1 amide bonds. The minimum atomic E-state index is -0.801. The van der Waals surface area contributed by atoms with E-state index in [0.717, 1.165) is 13.1 Å². The van der Waals surface area contributed by atoms with Crippen LogP contribution in [0.1, 0.15) is 31.0 Å². The highest BCUT2D eigenvalue weighted by atomic mass is 16.5. The molecule has 2 heterocycles. The number of likely N-dealkylation sites (N-methyl/N-ethyl adjacent to an activating group) is 1. The molecule has 1 saturated heterocycles. The molecule has 0 radical (unpaired) electrons. The third kappa shape index (κ3) is 4.45. The number of ether oxygens (including phenoxy) is 2. The Bertz CT molecular complexity index is 1000. The van der Waals surface area contributed by atoms with Crippen LogP contribution in [0.15, 0.2) is 48.3 Å². The predicted octanol–water partition coefficient (Wildman–Crippen LogP) is 0.248. The van der Waals surface area contributed by atoms with E-state index in [1.54, 1.807) is 30.3 Å². The first-order chi connectivity index (χ1) is 15.5. The van der Waals surface area contributed by atoms with Crippen molar-refractivity contribution in [2.75, 3.05) is 40.4 Å². The quantitative estimate of drug-likeness (QED) is 0.342. The summed E-state index contributed by atoms with van der Waals surface area (Å²) in [7, 11) is 3.05. The highest BCUT2D eigenvalue weighted by Gasteiger charge is 2.44. The molecule has 1 fully saturated rings. The minimum absolute atomic E-state index is 0.0528. The molecule has 0 saturated carbocycles. The largest absolute Gasteiger partial charge is 0.872 e. The van der Waals surface area contributed by atoms with E-state index < -0.39 is 23.5 Å². The summed E-state index contributed by atoms with van der Waals surface area (Å²) < 4.78 is 10.7. The summed E-state index contributed by atoms with van der Waals surface area (Å²) in [5.74, 6) is -0.909. The maximum Gasteiger partial charge on any atom is 0.295 e. The highest BCUT2D eigenvalue weighted by molar-refractivity contribution is 6.46. The number of nitrogens with one attached hydrogen (secondary N) is 1. The van der Waals surface area contributed by atoms with Crippen LogP contribution in [0.2, 0.25) is 0 Å². The molecule has 1 atom stereocenters. The second kappa shape index (κ2) is 10.3. The lowest BCUT2D eigenvalue weighted by Gasteiger charge is -2.29. The number of likely N-dealkylation sites (tertiary alicyclic amines) is 1. The van der Waals surface area contributed by atoms with Gasteiger partial charge in [-0.15, -0.1) is 0 Å². The molecule has 32 heavy (non-hydrogen) atoms. The molecule has 1 aromatic heterocycles. The maximum absolute atomic E-state index is 13.3. The van der Waals surface area contributed by atoms with Gasteiger partial charge in [-0.1, -0.05) is 11.8 Å². The van der Waals surface area contributed by atoms with E-state index in [1.165, 1.54) is 36.4 Å². The van der Waals surface area contributed by atoms with Crippen LogP contribution >= 0.6 is 0 Å². The monoisotopic (exact) mass is 439 g/mol. The Morgan fingerprint density at radius 2 is 1.72 bits per heavy atom. The Morgan fingerprint density at radius 3 is 2.31 bits per heavy atom. The molecule has 0 spiro atoms. The number of carbonyl (C=O) groups is 2. The van der Waals surface area contributed by atoms with Crippen LogP contribution in [0.4, 0.5) is 0 Å². The van der Waals surface area contributed by atoms with Gasteiger partial charge in [-0.3, -0.25) is 14.6 Å². The fourth-order valence-corrected chi connectivity index (χ4v) is 4.01. The Balaban J connectivity index is 2.13. The van der Waals surface area contributed by atoms with Crippen molar-refractivity contribution in [1.82, 2.24) is 9.88 Å². The Hall–Kier alpha value is -3.39. The first-order valence-corrected chi connectivity index (χ1v) is 10.7. The zero-order chi connectivity index (χ0) is 23.3. The molecule has 8 heteroatoms. The van der Waals surface area contributed by atoms with Crippen LogP contribution < -0.4 is 19.5 Å². The Labute approximate surface area is 188 Å². The number of amides is 1. The van der Waals surface area contributed by atoms with Gasteiger partial charge in [0, 0.05) is 18.0 Å². The van der Waals surface area contributed by atoms with Crippen LogP contribution in [0.5, 0.6) is 11.5 Å². The lowest BCUT2D eigenvalue weighted by Crippen LogP contribution is -3.12. The van der Waals surface area contributed by atoms with Gasteiger partial charge in [0.05, 0.1) is 46.4 Å². The smallest absolute Gasteiger partial charge is 0.295 e. The topological polar surface area (TPSA) is 96.2 Å². The maximum atomic E-state index is 13.3. The third-order valence-electron chi connectivity index (χ3n) is 5.90. The fourth-order valence-electron chi connectivity index (χ4n) is 4.01. The second-order valence-corrected chi connectivity index (χ2v) is 7.53. The number of hydrogen-bond acceptors (Lipinski definition) is 6. The van der Waals surface area contributed by atoms with Gasteiger partial charge in [-0.2, -0.15) is 0 Å². The fraction of sp³-hybridized carbons (Fsp3) is 0.375. The lowest BCUT2D eigenvalue weighted by molar-refractivity contribution is -0.895. The summed E-state index contributed by atoms with van der Waals surface area (Å²) in [6.45, 7) is 6.98. The molecule has 3 rings (SSSR count). The van der Waals surface area contributed by atoms with Crippen molar-refractivity contribution in [2.45, 2.75) is 19.9 Å². The summed E-state index contributed by atoms with van der Waals surface area (Å²) in [5.41, 5.74) is 0.884.